The topological polar surface area (TPSA) is 60.2 Å². The largest absolute Gasteiger partial charge is 0.378 e. The van der Waals surface area contributed by atoms with Crippen LogP contribution in [0.15, 0.2) is 36.5 Å². The number of aromatic nitrogens is 3. The normalized spacial score (nSPS) is 15.3. The van der Waals surface area contributed by atoms with Crippen LogP contribution in [0.4, 0.5) is 0 Å². The lowest BCUT2D eigenvalue weighted by atomic mass is 10.0. The number of fused-ring (bicyclic) bond motifs is 1. The van der Waals surface area contributed by atoms with Crippen molar-refractivity contribution in [3.8, 4) is 11.3 Å². The van der Waals surface area contributed by atoms with Gasteiger partial charge in [0.1, 0.15) is 0 Å². The molecule has 0 atom stereocenters. The first-order valence-corrected chi connectivity index (χ1v) is 9.88. The SMILES string of the molecule is CCOC1CCN(C(=O)c2cc(-c3cn(C)nc3C)nc3ccccc23)CC1. The van der Waals surface area contributed by atoms with Crippen molar-refractivity contribution in [1.29, 1.82) is 0 Å². The summed E-state index contributed by atoms with van der Waals surface area (Å²) in [6.45, 7) is 6.15. The van der Waals surface area contributed by atoms with E-state index in [9.17, 15) is 4.79 Å². The summed E-state index contributed by atoms with van der Waals surface area (Å²) in [6.07, 6.45) is 3.99. The average Bonchev–Trinajstić information content (AvgIpc) is 3.05. The Labute approximate surface area is 165 Å². The van der Waals surface area contributed by atoms with E-state index >= 15 is 0 Å². The number of benzene rings is 1. The molecule has 4 rings (SSSR count). The molecule has 28 heavy (non-hydrogen) atoms. The van der Waals surface area contributed by atoms with Crippen LogP contribution in [0, 0.1) is 6.92 Å². The second kappa shape index (κ2) is 7.72. The maximum atomic E-state index is 13.4. The molecule has 2 aromatic heterocycles. The molecule has 0 spiro atoms. The van der Waals surface area contributed by atoms with Crippen molar-refractivity contribution < 1.29 is 9.53 Å². The van der Waals surface area contributed by atoms with Crippen molar-refractivity contribution in [2.24, 2.45) is 7.05 Å². The minimum atomic E-state index is 0.0661. The van der Waals surface area contributed by atoms with Crippen molar-refractivity contribution >= 4 is 16.8 Å². The Hall–Kier alpha value is -2.73. The van der Waals surface area contributed by atoms with Crippen LogP contribution >= 0.6 is 0 Å². The van der Waals surface area contributed by atoms with Gasteiger partial charge in [0, 0.05) is 43.9 Å². The summed E-state index contributed by atoms with van der Waals surface area (Å²) in [7, 11) is 1.89. The quantitative estimate of drug-likeness (QED) is 0.696. The number of carbonyl (C=O) groups is 1. The molecule has 3 aromatic rings. The molecule has 0 aliphatic carbocycles. The van der Waals surface area contributed by atoms with E-state index in [1.54, 1.807) is 4.68 Å². The third kappa shape index (κ3) is 3.52. The molecule has 0 unspecified atom stereocenters. The summed E-state index contributed by atoms with van der Waals surface area (Å²) in [5, 5.41) is 5.32. The number of para-hydroxylation sites is 1. The molecule has 1 aromatic carbocycles. The van der Waals surface area contributed by atoms with Gasteiger partial charge in [-0.15, -0.1) is 0 Å². The number of ether oxygens (including phenoxy) is 1. The molecule has 0 saturated carbocycles. The van der Waals surface area contributed by atoms with E-state index in [2.05, 4.69) is 5.10 Å². The molecule has 3 heterocycles. The molecular formula is C22H26N4O2. The molecule has 0 radical (unpaired) electrons. The van der Waals surface area contributed by atoms with Gasteiger partial charge in [-0.2, -0.15) is 5.10 Å². The van der Waals surface area contributed by atoms with Gasteiger partial charge in [-0.3, -0.25) is 9.48 Å². The van der Waals surface area contributed by atoms with Gasteiger partial charge in [-0.05, 0) is 38.8 Å². The van der Waals surface area contributed by atoms with Crippen molar-refractivity contribution in [3.63, 3.8) is 0 Å². The zero-order valence-corrected chi connectivity index (χ0v) is 16.7. The molecule has 6 heteroatoms. The van der Waals surface area contributed by atoms with Crippen LogP contribution in [0.3, 0.4) is 0 Å². The smallest absolute Gasteiger partial charge is 0.254 e. The van der Waals surface area contributed by atoms with Gasteiger partial charge in [-0.1, -0.05) is 18.2 Å². The fourth-order valence-electron chi connectivity index (χ4n) is 3.97. The van der Waals surface area contributed by atoms with E-state index in [4.69, 9.17) is 9.72 Å². The van der Waals surface area contributed by atoms with Gasteiger partial charge in [-0.25, -0.2) is 4.98 Å². The predicted molar refractivity (Wildman–Crippen MR) is 109 cm³/mol. The summed E-state index contributed by atoms with van der Waals surface area (Å²) in [5.41, 5.74) is 4.19. The third-order valence-electron chi connectivity index (χ3n) is 5.37. The number of amides is 1. The molecule has 1 amide bonds. The van der Waals surface area contributed by atoms with Crippen molar-refractivity contribution in [2.75, 3.05) is 19.7 Å². The van der Waals surface area contributed by atoms with Crippen LogP contribution in [0.25, 0.3) is 22.2 Å². The summed E-state index contributed by atoms with van der Waals surface area (Å²) in [6, 6.07) is 9.77. The molecule has 1 fully saturated rings. The first-order valence-electron chi connectivity index (χ1n) is 9.88. The number of hydrogen-bond acceptors (Lipinski definition) is 4. The Morgan fingerprint density at radius 3 is 2.68 bits per heavy atom. The van der Waals surface area contributed by atoms with Gasteiger partial charge < -0.3 is 9.64 Å². The van der Waals surface area contributed by atoms with E-state index in [0.29, 0.717) is 5.56 Å². The fraction of sp³-hybridized carbons (Fsp3) is 0.409. The molecule has 1 aliphatic rings. The van der Waals surface area contributed by atoms with Crippen LogP contribution in [0.5, 0.6) is 0 Å². The summed E-state index contributed by atoms with van der Waals surface area (Å²) >= 11 is 0. The number of rotatable bonds is 4. The van der Waals surface area contributed by atoms with Crippen LogP contribution in [0.1, 0.15) is 35.8 Å². The highest BCUT2D eigenvalue weighted by molar-refractivity contribution is 6.07. The molecule has 6 nitrogen and oxygen atoms in total. The lowest BCUT2D eigenvalue weighted by molar-refractivity contribution is 0.0146. The van der Waals surface area contributed by atoms with Crippen molar-refractivity contribution in [2.45, 2.75) is 32.8 Å². The second-order valence-electron chi connectivity index (χ2n) is 7.32. The summed E-state index contributed by atoms with van der Waals surface area (Å²) in [4.78, 5) is 20.1. The number of nitrogens with zero attached hydrogens (tertiary/aromatic N) is 4. The highest BCUT2D eigenvalue weighted by Gasteiger charge is 2.26. The highest BCUT2D eigenvalue weighted by atomic mass is 16.5. The minimum Gasteiger partial charge on any atom is -0.378 e. The molecule has 1 aliphatic heterocycles. The van der Waals surface area contributed by atoms with E-state index in [-0.39, 0.29) is 12.0 Å². The summed E-state index contributed by atoms with van der Waals surface area (Å²) < 4.78 is 7.50. The molecular weight excluding hydrogens is 352 g/mol. The Balaban J connectivity index is 1.71. The number of piperidine rings is 1. The number of hydrogen-bond donors (Lipinski definition) is 0. The van der Waals surface area contributed by atoms with Crippen LogP contribution in [-0.2, 0) is 11.8 Å². The minimum absolute atomic E-state index is 0.0661. The first-order chi connectivity index (χ1) is 13.6. The van der Waals surface area contributed by atoms with Gasteiger partial charge in [0.05, 0.1) is 28.6 Å². The standard InChI is InChI=1S/C22H26N4O2/c1-4-28-16-9-11-26(12-10-16)22(27)18-13-21(19-14-25(3)24-15(19)2)23-20-8-6-5-7-17(18)20/h5-8,13-14,16H,4,9-12H2,1-3H3. The van der Waals surface area contributed by atoms with E-state index in [1.807, 2.05) is 62.3 Å². The monoisotopic (exact) mass is 378 g/mol. The van der Waals surface area contributed by atoms with E-state index < -0.39 is 0 Å². The maximum Gasteiger partial charge on any atom is 0.254 e. The van der Waals surface area contributed by atoms with Crippen LogP contribution < -0.4 is 0 Å². The average molecular weight is 378 g/mol. The Morgan fingerprint density at radius 1 is 1.25 bits per heavy atom. The fourth-order valence-corrected chi connectivity index (χ4v) is 3.97. The summed E-state index contributed by atoms with van der Waals surface area (Å²) in [5.74, 6) is 0.0661. The highest BCUT2D eigenvalue weighted by Crippen LogP contribution is 2.28. The van der Waals surface area contributed by atoms with Gasteiger partial charge in [0.2, 0.25) is 0 Å². The van der Waals surface area contributed by atoms with Crippen molar-refractivity contribution in [3.05, 3.63) is 47.8 Å². The predicted octanol–water partition coefficient (Wildman–Crippen LogP) is 3.58. The van der Waals surface area contributed by atoms with Crippen LogP contribution in [-0.4, -0.2) is 51.4 Å². The van der Waals surface area contributed by atoms with Gasteiger partial charge in [0.25, 0.3) is 5.91 Å². The number of carbonyl (C=O) groups excluding carboxylic acids is 1. The van der Waals surface area contributed by atoms with E-state index in [0.717, 1.165) is 60.4 Å². The zero-order chi connectivity index (χ0) is 19.7. The Morgan fingerprint density at radius 2 is 2.00 bits per heavy atom. The van der Waals surface area contributed by atoms with E-state index in [1.165, 1.54) is 0 Å². The Kier molecular flexibility index (Phi) is 5.13. The molecule has 0 N–H and O–H groups in total. The lowest BCUT2D eigenvalue weighted by Crippen LogP contribution is -2.41. The number of aryl methyl sites for hydroxylation is 2. The third-order valence-corrected chi connectivity index (χ3v) is 5.37. The number of pyridine rings is 1. The lowest BCUT2D eigenvalue weighted by Gasteiger charge is -2.32. The Bertz CT molecular complexity index is 1000. The zero-order valence-electron chi connectivity index (χ0n) is 16.7. The number of likely N-dealkylation sites (tertiary alicyclic amines) is 1. The molecule has 146 valence electrons. The van der Waals surface area contributed by atoms with Gasteiger partial charge in [0.15, 0.2) is 0 Å². The first kappa shape index (κ1) is 18.6. The second-order valence-corrected chi connectivity index (χ2v) is 7.32. The van der Waals surface area contributed by atoms with Gasteiger partial charge >= 0.3 is 0 Å². The maximum absolute atomic E-state index is 13.4. The molecule has 1 saturated heterocycles. The molecule has 0 bridgehead atoms. The van der Waals surface area contributed by atoms with Crippen LogP contribution in [0.2, 0.25) is 0 Å². The van der Waals surface area contributed by atoms with Crippen molar-refractivity contribution in [1.82, 2.24) is 19.7 Å².